The smallest absolute Gasteiger partial charge is 0.240 e. The molecule has 1 aliphatic rings. The van der Waals surface area contributed by atoms with Crippen molar-refractivity contribution in [3.8, 4) is 0 Å². The first-order valence-electron chi connectivity index (χ1n) is 5.81. The highest BCUT2D eigenvalue weighted by Gasteiger charge is 2.38. The molecule has 0 saturated carbocycles. The number of amides is 2. The Hall–Kier alpha value is -1.06. The number of hydrogen-bond donors (Lipinski definition) is 1. The van der Waals surface area contributed by atoms with E-state index in [2.05, 4.69) is 0 Å². The first-order chi connectivity index (χ1) is 7.22. The van der Waals surface area contributed by atoms with E-state index in [1.807, 2.05) is 27.7 Å². The molecule has 2 N–H and O–H groups in total. The number of primary amides is 1. The average Bonchev–Trinajstić information content (AvgIpc) is 2.43. The van der Waals surface area contributed by atoms with Crippen molar-refractivity contribution in [3.05, 3.63) is 0 Å². The summed E-state index contributed by atoms with van der Waals surface area (Å²) < 4.78 is 0. The molecule has 0 aromatic heterocycles. The van der Waals surface area contributed by atoms with Crippen LogP contribution >= 0.6 is 0 Å². The van der Waals surface area contributed by atoms with Crippen LogP contribution in [0.25, 0.3) is 0 Å². The first-order valence-corrected chi connectivity index (χ1v) is 5.81. The Morgan fingerprint density at radius 2 is 1.94 bits per heavy atom. The van der Waals surface area contributed by atoms with Crippen molar-refractivity contribution >= 4 is 11.8 Å². The number of nitrogens with zero attached hydrogens (tertiary/aromatic N) is 1. The second kappa shape index (κ2) is 4.44. The predicted octanol–water partition coefficient (Wildman–Crippen LogP) is 1.14. The molecule has 0 unspecified atom stereocenters. The number of likely N-dealkylation sites (tertiary alicyclic amines) is 1. The second-order valence-corrected chi connectivity index (χ2v) is 5.94. The van der Waals surface area contributed by atoms with E-state index in [4.69, 9.17) is 5.73 Å². The molecular weight excluding hydrogens is 204 g/mol. The van der Waals surface area contributed by atoms with Crippen molar-refractivity contribution in [1.82, 2.24) is 4.90 Å². The Labute approximate surface area is 97.2 Å². The maximum absolute atomic E-state index is 12.0. The van der Waals surface area contributed by atoms with Gasteiger partial charge in [0.25, 0.3) is 0 Å². The maximum atomic E-state index is 12.0. The van der Waals surface area contributed by atoms with Crippen LogP contribution in [0.15, 0.2) is 0 Å². The third kappa shape index (κ3) is 2.97. The van der Waals surface area contributed by atoms with Gasteiger partial charge in [-0.3, -0.25) is 9.59 Å². The van der Waals surface area contributed by atoms with Crippen LogP contribution in [0.3, 0.4) is 0 Å². The molecule has 4 heteroatoms. The fraction of sp³-hybridized carbons (Fsp3) is 0.833. The average molecular weight is 226 g/mol. The normalized spacial score (nSPS) is 25.9. The third-order valence-corrected chi connectivity index (χ3v) is 2.99. The van der Waals surface area contributed by atoms with Gasteiger partial charge < -0.3 is 10.6 Å². The van der Waals surface area contributed by atoms with Gasteiger partial charge in [0.15, 0.2) is 0 Å². The summed E-state index contributed by atoms with van der Waals surface area (Å²) >= 11 is 0. The molecule has 2 amide bonds. The van der Waals surface area contributed by atoms with Crippen molar-refractivity contribution in [1.29, 1.82) is 0 Å². The Morgan fingerprint density at radius 3 is 2.38 bits per heavy atom. The highest BCUT2D eigenvalue weighted by atomic mass is 16.2. The molecule has 16 heavy (non-hydrogen) atoms. The van der Waals surface area contributed by atoms with E-state index in [0.717, 1.165) is 6.42 Å². The van der Waals surface area contributed by atoms with Crippen molar-refractivity contribution in [2.75, 3.05) is 6.54 Å². The molecule has 0 aromatic carbocycles. The minimum absolute atomic E-state index is 0.0423. The lowest BCUT2D eigenvalue weighted by Crippen LogP contribution is -2.46. The monoisotopic (exact) mass is 226 g/mol. The van der Waals surface area contributed by atoms with E-state index >= 15 is 0 Å². The molecule has 4 nitrogen and oxygen atoms in total. The fourth-order valence-corrected chi connectivity index (χ4v) is 2.22. The van der Waals surface area contributed by atoms with E-state index in [1.54, 1.807) is 4.90 Å². The largest absolute Gasteiger partial charge is 0.368 e. The van der Waals surface area contributed by atoms with Crippen LogP contribution in [0.2, 0.25) is 0 Å². The van der Waals surface area contributed by atoms with Gasteiger partial charge in [0.1, 0.15) is 6.04 Å². The SMILES string of the molecule is C[C@@H]1CCN(C(=O)CC(C)(C)C)[C@@H]1C(N)=O. The summed E-state index contributed by atoms with van der Waals surface area (Å²) in [5.74, 6) is -0.158. The molecule has 1 aliphatic heterocycles. The molecule has 0 radical (unpaired) electrons. The summed E-state index contributed by atoms with van der Waals surface area (Å²) in [6.45, 7) is 8.68. The van der Waals surface area contributed by atoms with E-state index in [1.165, 1.54) is 0 Å². The Balaban J connectivity index is 2.73. The lowest BCUT2D eigenvalue weighted by molar-refractivity contribution is -0.139. The van der Waals surface area contributed by atoms with Crippen molar-refractivity contribution < 1.29 is 9.59 Å². The molecule has 0 aliphatic carbocycles. The van der Waals surface area contributed by atoms with E-state index in [-0.39, 0.29) is 23.1 Å². The van der Waals surface area contributed by atoms with Crippen LogP contribution in [0, 0.1) is 11.3 Å². The van der Waals surface area contributed by atoms with Gasteiger partial charge in [-0.2, -0.15) is 0 Å². The van der Waals surface area contributed by atoms with Crippen LogP contribution in [0.4, 0.5) is 0 Å². The topological polar surface area (TPSA) is 63.4 Å². The molecule has 0 bridgehead atoms. The van der Waals surface area contributed by atoms with Crippen LogP contribution in [0.1, 0.15) is 40.5 Å². The van der Waals surface area contributed by atoms with Crippen molar-refractivity contribution in [3.63, 3.8) is 0 Å². The van der Waals surface area contributed by atoms with Gasteiger partial charge in [0.05, 0.1) is 0 Å². The number of nitrogens with two attached hydrogens (primary N) is 1. The Morgan fingerprint density at radius 1 is 1.38 bits per heavy atom. The molecule has 1 saturated heterocycles. The van der Waals surface area contributed by atoms with Gasteiger partial charge in [-0.25, -0.2) is 0 Å². The number of carbonyl (C=O) groups excluding carboxylic acids is 2. The highest BCUT2D eigenvalue weighted by molar-refractivity contribution is 5.87. The molecule has 92 valence electrons. The summed E-state index contributed by atoms with van der Waals surface area (Å²) in [5, 5.41) is 0. The number of carbonyl (C=O) groups is 2. The standard InChI is InChI=1S/C12H22N2O2/c1-8-5-6-14(10(8)11(13)16)9(15)7-12(2,3)4/h8,10H,5-7H2,1-4H3,(H2,13,16)/t8-,10+/m1/s1. The molecule has 1 rings (SSSR count). The van der Waals surface area contributed by atoms with Gasteiger partial charge in [0.2, 0.25) is 11.8 Å². The first kappa shape index (κ1) is 13.0. The lowest BCUT2D eigenvalue weighted by Gasteiger charge is -2.27. The molecule has 1 fully saturated rings. The summed E-state index contributed by atoms with van der Waals surface area (Å²) in [6.07, 6.45) is 1.33. The van der Waals surface area contributed by atoms with Crippen molar-refractivity contribution in [2.45, 2.75) is 46.6 Å². The summed E-state index contributed by atoms with van der Waals surface area (Å²) in [4.78, 5) is 25.0. The zero-order chi connectivity index (χ0) is 12.5. The van der Waals surface area contributed by atoms with E-state index in [0.29, 0.717) is 13.0 Å². The molecule has 0 spiro atoms. The van der Waals surface area contributed by atoms with Gasteiger partial charge in [-0.15, -0.1) is 0 Å². The van der Waals surface area contributed by atoms with Crippen LogP contribution in [0.5, 0.6) is 0 Å². The minimum Gasteiger partial charge on any atom is -0.368 e. The van der Waals surface area contributed by atoms with Gasteiger partial charge in [-0.1, -0.05) is 27.7 Å². The fourth-order valence-electron chi connectivity index (χ4n) is 2.22. The Kier molecular flexibility index (Phi) is 3.61. The number of rotatable bonds is 2. The van der Waals surface area contributed by atoms with Crippen LogP contribution in [-0.4, -0.2) is 29.3 Å². The molecule has 1 heterocycles. The van der Waals surface area contributed by atoms with Crippen LogP contribution < -0.4 is 5.73 Å². The third-order valence-electron chi connectivity index (χ3n) is 2.99. The summed E-state index contributed by atoms with van der Waals surface area (Å²) in [5.41, 5.74) is 5.30. The summed E-state index contributed by atoms with van der Waals surface area (Å²) in [6, 6.07) is -0.408. The number of hydrogen-bond acceptors (Lipinski definition) is 2. The lowest BCUT2D eigenvalue weighted by atomic mass is 9.91. The zero-order valence-electron chi connectivity index (χ0n) is 10.6. The second-order valence-electron chi connectivity index (χ2n) is 5.94. The van der Waals surface area contributed by atoms with Gasteiger partial charge in [0, 0.05) is 13.0 Å². The highest BCUT2D eigenvalue weighted by Crippen LogP contribution is 2.27. The van der Waals surface area contributed by atoms with Gasteiger partial charge in [-0.05, 0) is 17.8 Å². The zero-order valence-corrected chi connectivity index (χ0v) is 10.6. The molecule has 0 aromatic rings. The van der Waals surface area contributed by atoms with E-state index in [9.17, 15) is 9.59 Å². The van der Waals surface area contributed by atoms with Crippen LogP contribution in [-0.2, 0) is 9.59 Å². The summed E-state index contributed by atoms with van der Waals surface area (Å²) in [7, 11) is 0. The minimum atomic E-state index is -0.408. The van der Waals surface area contributed by atoms with Gasteiger partial charge >= 0.3 is 0 Å². The Bertz CT molecular complexity index is 294. The molecule has 2 atom stereocenters. The quantitative estimate of drug-likeness (QED) is 0.767. The maximum Gasteiger partial charge on any atom is 0.240 e. The predicted molar refractivity (Wildman–Crippen MR) is 62.5 cm³/mol. The van der Waals surface area contributed by atoms with E-state index < -0.39 is 6.04 Å². The molecular formula is C12H22N2O2. The van der Waals surface area contributed by atoms with Crippen molar-refractivity contribution in [2.24, 2.45) is 17.1 Å².